The highest BCUT2D eigenvalue weighted by Crippen LogP contribution is 2.26. The van der Waals surface area contributed by atoms with Gasteiger partial charge in [-0.3, -0.25) is 0 Å². The third kappa shape index (κ3) is 1.89. The van der Waals surface area contributed by atoms with Gasteiger partial charge in [0.25, 0.3) is 0 Å². The third-order valence-corrected chi connectivity index (χ3v) is 2.52. The highest BCUT2D eigenvalue weighted by Gasteiger charge is 2.18. The Morgan fingerprint density at radius 3 is 2.38 bits per heavy atom. The van der Waals surface area contributed by atoms with Crippen LogP contribution in [0.15, 0.2) is 24.3 Å². The smallest absolute Gasteiger partial charge is 0.150 e. The van der Waals surface area contributed by atoms with Crippen molar-refractivity contribution >= 4 is 5.69 Å². The van der Waals surface area contributed by atoms with E-state index in [1.807, 2.05) is 12.2 Å². The zero-order chi connectivity index (χ0) is 11.5. The molecular weight excluding hydrogens is 210 g/mol. The molecular formula is C12H10F2N2. The zero-order valence-corrected chi connectivity index (χ0v) is 8.58. The lowest BCUT2D eigenvalue weighted by molar-refractivity contribution is 0.572. The van der Waals surface area contributed by atoms with Crippen molar-refractivity contribution in [1.29, 1.82) is 5.26 Å². The summed E-state index contributed by atoms with van der Waals surface area (Å²) in [6.45, 7) is 1.09. The van der Waals surface area contributed by atoms with Gasteiger partial charge in [-0.15, -0.1) is 0 Å². The Balaban J connectivity index is 2.41. The van der Waals surface area contributed by atoms with E-state index in [9.17, 15) is 8.78 Å². The molecule has 0 saturated carbocycles. The van der Waals surface area contributed by atoms with E-state index in [1.54, 1.807) is 11.0 Å². The normalized spacial score (nSPS) is 14.9. The predicted molar refractivity (Wildman–Crippen MR) is 57.0 cm³/mol. The summed E-state index contributed by atoms with van der Waals surface area (Å²) in [7, 11) is 0. The Labute approximate surface area is 92.4 Å². The molecule has 0 N–H and O–H groups in total. The molecule has 1 heterocycles. The number of rotatable bonds is 1. The number of hydrogen-bond donors (Lipinski definition) is 0. The molecule has 4 heteroatoms. The summed E-state index contributed by atoms with van der Waals surface area (Å²) in [4.78, 5) is 1.63. The quantitative estimate of drug-likeness (QED) is 0.680. The second-order valence-corrected chi connectivity index (χ2v) is 3.61. The zero-order valence-electron chi connectivity index (χ0n) is 8.58. The first kappa shape index (κ1) is 10.6. The monoisotopic (exact) mass is 220 g/mol. The van der Waals surface area contributed by atoms with Crippen LogP contribution in [0.5, 0.6) is 0 Å². The summed E-state index contributed by atoms with van der Waals surface area (Å²) in [5.74, 6) is -1.35. The molecule has 0 amide bonds. The van der Waals surface area contributed by atoms with E-state index in [0.29, 0.717) is 13.1 Å². The van der Waals surface area contributed by atoms with Crippen LogP contribution in [-0.4, -0.2) is 13.1 Å². The van der Waals surface area contributed by atoms with Crippen molar-refractivity contribution in [1.82, 2.24) is 0 Å². The molecule has 0 aliphatic carbocycles. The Morgan fingerprint density at radius 1 is 1.19 bits per heavy atom. The van der Waals surface area contributed by atoms with Gasteiger partial charge in [0.1, 0.15) is 5.69 Å². The lowest BCUT2D eigenvalue weighted by Crippen LogP contribution is -2.28. The summed E-state index contributed by atoms with van der Waals surface area (Å²) in [6.07, 6.45) is 4.63. The van der Waals surface area contributed by atoms with Crippen molar-refractivity contribution < 1.29 is 8.78 Å². The third-order valence-electron chi connectivity index (χ3n) is 2.52. The summed E-state index contributed by atoms with van der Waals surface area (Å²) in [5, 5.41) is 8.58. The van der Waals surface area contributed by atoms with Crippen molar-refractivity contribution in [3.63, 3.8) is 0 Å². The van der Waals surface area contributed by atoms with Gasteiger partial charge in [0.2, 0.25) is 0 Å². The number of halogens is 2. The minimum Gasteiger partial charge on any atom is -0.363 e. The topological polar surface area (TPSA) is 27.0 Å². The first-order chi connectivity index (χ1) is 7.72. The highest BCUT2D eigenvalue weighted by molar-refractivity contribution is 5.53. The highest BCUT2D eigenvalue weighted by atomic mass is 19.1. The number of anilines is 1. The van der Waals surface area contributed by atoms with E-state index in [0.717, 1.165) is 18.6 Å². The van der Waals surface area contributed by atoms with Gasteiger partial charge in [0.15, 0.2) is 11.6 Å². The van der Waals surface area contributed by atoms with Crippen LogP contribution in [0.4, 0.5) is 14.5 Å². The second-order valence-electron chi connectivity index (χ2n) is 3.61. The van der Waals surface area contributed by atoms with Crippen LogP contribution in [0.3, 0.4) is 0 Å². The SMILES string of the molecule is N#Cc1cc(F)c(N2CC=CCC2)c(F)c1. The Bertz CT molecular complexity index is 451. The molecule has 16 heavy (non-hydrogen) atoms. The lowest BCUT2D eigenvalue weighted by Gasteiger charge is -2.26. The van der Waals surface area contributed by atoms with Gasteiger partial charge in [-0.05, 0) is 18.6 Å². The minimum atomic E-state index is -0.674. The van der Waals surface area contributed by atoms with Crippen molar-refractivity contribution in [2.24, 2.45) is 0 Å². The summed E-state index contributed by atoms with van der Waals surface area (Å²) in [6, 6.07) is 3.86. The van der Waals surface area contributed by atoms with Gasteiger partial charge in [0, 0.05) is 13.1 Å². The van der Waals surface area contributed by atoms with E-state index < -0.39 is 11.6 Å². The molecule has 0 spiro atoms. The molecule has 0 unspecified atom stereocenters. The molecule has 0 aromatic heterocycles. The maximum Gasteiger partial charge on any atom is 0.150 e. The van der Waals surface area contributed by atoms with Crippen LogP contribution >= 0.6 is 0 Å². The first-order valence-corrected chi connectivity index (χ1v) is 5.01. The molecule has 0 saturated heterocycles. The first-order valence-electron chi connectivity index (χ1n) is 5.01. The Kier molecular flexibility index (Phi) is 2.86. The average molecular weight is 220 g/mol. The molecule has 1 aromatic rings. The molecule has 0 radical (unpaired) electrons. The van der Waals surface area contributed by atoms with Crippen LogP contribution in [0.25, 0.3) is 0 Å². The van der Waals surface area contributed by atoms with Gasteiger partial charge in [0.05, 0.1) is 11.6 Å². The fourth-order valence-corrected chi connectivity index (χ4v) is 1.78. The van der Waals surface area contributed by atoms with Crippen LogP contribution in [-0.2, 0) is 0 Å². The summed E-state index contributed by atoms with van der Waals surface area (Å²) < 4.78 is 27.3. The number of nitrogens with zero attached hydrogens (tertiary/aromatic N) is 2. The Morgan fingerprint density at radius 2 is 1.88 bits per heavy atom. The fourth-order valence-electron chi connectivity index (χ4n) is 1.78. The maximum atomic E-state index is 13.6. The predicted octanol–water partition coefficient (Wildman–Crippen LogP) is 2.60. The van der Waals surface area contributed by atoms with E-state index in [-0.39, 0.29) is 11.3 Å². The standard InChI is InChI=1S/C12H10F2N2/c13-10-6-9(8-15)7-11(14)12(10)16-4-2-1-3-5-16/h1-2,6-7H,3-5H2. The van der Waals surface area contributed by atoms with E-state index in [2.05, 4.69) is 0 Å². The van der Waals surface area contributed by atoms with Gasteiger partial charge in [-0.1, -0.05) is 12.2 Å². The summed E-state index contributed by atoms with van der Waals surface area (Å²) >= 11 is 0. The molecule has 1 aromatic carbocycles. The van der Waals surface area contributed by atoms with Crippen LogP contribution < -0.4 is 4.90 Å². The van der Waals surface area contributed by atoms with Gasteiger partial charge >= 0.3 is 0 Å². The number of nitriles is 1. The maximum absolute atomic E-state index is 13.6. The molecule has 1 aliphatic heterocycles. The molecule has 2 nitrogen and oxygen atoms in total. The lowest BCUT2D eigenvalue weighted by atomic mass is 10.1. The fraction of sp³-hybridized carbons (Fsp3) is 0.250. The van der Waals surface area contributed by atoms with E-state index >= 15 is 0 Å². The van der Waals surface area contributed by atoms with Crippen LogP contribution in [0, 0.1) is 23.0 Å². The van der Waals surface area contributed by atoms with Crippen molar-refractivity contribution in [2.45, 2.75) is 6.42 Å². The van der Waals surface area contributed by atoms with Crippen molar-refractivity contribution in [3.05, 3.63) is 41.5 Å². The minimum absolute atomic E-state index is 0.00583. The molecule has 0 atom stereocenters. The largest absolute Gasteiger partial charge is 0.363 e. The molecule has 0 fully saturated rings. The Hall–Kier alpha value is -1.89. The molecule has 82 valence electrons. The van der Waals surface area contributed by atoms with Crippen molar-refractivity contribution in [3.8, 4) is 6.07 Å². The van der Waals surface area contributed by atoms with Crippen LogP contribution in [0.2, 0.25) is 0 Å². The van der Waals surface area contributed by atoms with E-state index in [4.69, 9.17) is 5.26 Å². The number of benzene rings is 1. The average Bonchev–Trinajstić information content (AvgIpc) is 2.29. The molecule has 1 aliphatic rings. The number of hydrogen-bond acceptors (Lipinski definition) is 2. The van der Waals surface area contributed by atoms with E-state index in [1.165, 1.54) is 0 Å². The van der Waals surface area contributed by atoms with Gasteiger partial charge in [-0.25, -0.2) is 8.78 Å². The van der Waals surface area contributed by atoms with Gasteiger partial charge in [-0.2, -0.15) is 5.26 Å². The summed E-state index contributed by atoms with van der Waals surface area (Å²) in [5.41, 5.74) is -0.0327. The molecule has 2 rings (SSSR count). The van der Waals surface area contributed by atoms with Gasteiger partial charge < -0.3 is 4.90 Å². The molecule has 0 bridgehead atoms. The van der Waals surface area contributed by atoms with Crippen molar-refractivity contribution in [2.75, 3.05) is 18.0 Å². The second kappa shape index (κ2) is 4.31. The van der Waals surface area contributed by atoms with Crippen LogP contribution in [0.1, 0.15) is 12.0 Å².